The molecule has 1 saturated heterocycles. The van der Waals surface area contributed by atoms with Gasteiger partial charge in [0, 0.05) is 13.0 Å². The van der Waals surface area contributed by atoms with Crippen LogP contribution in [-0.2, 0) is 14.3 Å². The Labute approximate surface area is 204 Å². The average molecular weight is 471 g/mol. The lowest BCUT2D eigenvalue weighted by atomic mass is 9.90. The van der Waals surface area contributed by atoms with Crippen molar-refractivity contribution in [2.75, 3.05) is 13.2 Å². The summed E-state index contributed by atoms with van der Waals surface area (Å²) in [6, 6.07) is 0. The van der Waals surface area contributed by atoms with E-state index in [1.54, 1.807) is 0 Å². The number of aliphatic hydroxyl groups is 2. The molecule has 1 rings (SSSR count). The van der Waals surface area contributed by atoms with E-state index in [1.165, 1.54) is 57.8 Å². The van der Waals surface area contributed by atoms with E-state index >= 15 is 0 Å². The minimum atomic E-state index is -0.958. The molecule has 0 aromatic rings. The van der Waals surface area contributed by atoms with Gasteiger partial charge in [-0.05, 0) is 36.5 Å². The zero-order valence-corrected chi connectivity index (χ0v) is 22.3. The van der Waals surface area contributed by atoms with Gasteiger partial charge < -0.3 is 19.7 Å². The van der Waals surface area contributed by atoms with Crippen molar-refractivity contribution in [1.82, 2.24) is 0 Å². The second kappa shape index (κ2) is 17.7. The molecule has 1 aliphatic rings. The van der Waals surface area contributed by atoms with Crippen molar-refractivity contribution < 1.29 is 24.5 Å². The van der Waals surface area contributed by atoms with Crippen LogP contribution < -0.4 is 0 Å². The molecule has 0 aromatic carbocycles. The third-order valence-electron chi connectivity index (χ3n) is 7.24. The highest BCUT2D eigenvalue weighted by molar-refractivity contribution is 5.69. The first-order valence-electron chi connectivity index (χ1n) is 13.8. The molecule has 0 spiro atoms. The number of aliphatic hydroxyl groups excluding tert-OH is 2. The van der Waals surface area contributed by atoms with E-state index in [1.807, 2.05) is 0 Å². The van der Waals surface area contributed by atoms with Crippen molar-refractivity contribution in [2.45, 2.75) is 136 Å². The van der Waals surface area contributed by atoms with Gasteiger partial charge in [-0.2, -0.15) is 0 Å². The van der Waals surface area contributed by atoms with E-state index < -0.39 is 18.3 Å². The molecule has 5 nitrogen and oxygen atoms in total. The average Bonchev–Trinajstić information content (AvgIpc) is 3.17. The molecular weight excluding hydrogens is 416 g/mol. The van der Waals surface area contributed by atoms with E-state index in [2.05, 4.69) is 34.6 Å². The largest absolute Gasteiger partial charge is 0.463 e. The van der Waals surface area contributed by atoms with Gasteiger partial charge >= 0.3 is 5.97 Å². The van der Waals surface area contributed by atoms with Crippen molar-refractivity contribution in [2.24, 2.45) is 23.7 Å². The molecule has 5 heteroatoms. The third-order valence-corrected chi connectivity index (χ3v) is 7.24. The molecule has 0 saturated carbocycles. The first-order valence-corrected chi connectivity index (χ1v) is 13.8. The van der Waals surface area contributed by atoms with Crippen molar-refractivity contribution >= 4 is 5.97 Å². The van der Waals surface area contributed by atoms with Gasteiger partial charge in [0.15, 0.2) is 0 Å². The Morgan fingerprint density at radius 1 is 0.848 bits per heavy atom. The van der Waals surface area contributed by atoms with Crippen molar-refractivity contribution in [3.8, 4) is 0 Å². The number of hydrogen-bond donors (Lipinski definition) is 2. The van der Waals surface area contributed by atoms with E-state index in [-0.39, 0.29) is 12.6 Å². The summed E-state index contributed by atoms with van der Waals surface area (Å²) < 4.78 is 10.5. The number of carbonyl (C=O) groups excluding carboxylic acids is 1. The lowest BCUT2D eigenvalue weighted by molar-refractivity contribution is -0.151. The van der Waals surface area contributed by atoms with Crippen LogP contribution in [0.25, 0.3) is 0 Å². The Morgan fingerprint density at radius 2 is 1.33 bits per heavy atom. The summed E-state index contributed by atoms with van der Waals surface area (Å²) in [7, 11) is 0. The minimum Gasteiger partial charge on any atom is -0.463 e. The van der Waals surface area contributed by atoms with Crippen LogP contribution in [0.1, 0.15) is 118 Å². The minimum absolute atomic E-state index is 0.106. The highest BCUT2D eigenvalue weighted by atomic mass is 16.6. The summed E-state index contributed by atoms with van der Waals surface area (Å²) in [6.07, 6.45) is 12.5. The van der Waals surface area contributed by atoms with Crippen molar-refractivity contribution in [1.29, 1.82) is 0 Å². The zero-order chi connectivity index (χ0) is 24.6. The fourth-order valence-electron chi connectivity index (χ4n) is 4.85. The summed E-state index contributed by atoms with van der Waals surface area (Å²) >= 11 is 0. The van der Waals surface area contributed by atoms with Gasteiger partial charge in [-0.25, -0.2) is 0 Å². The molecule has 1 heterocycles. The van der Waals surface area contributed by atoms with Crippen LogP contribution in [0.5, 0.6) is 0 Å². The SMILES string of the molecule is CC(C)CCCC(C)CCCC(C)CCCC(C)CCCC(=O)OCC(O)C1OCCC1O. The summed E-state index contributed by atoms with van der Waals surface area (Å²) in [5.74, 6) is 2.86. The lowest BCUT2D eigenvalue weighted by Gasteiger charge is -2.20. The summed E-state index contributed by atoms with van der Waals surface area (Å²) in [5, 5.41) is 19.7. The fraction of sp³-hybridized carbons (Fsp3) is 0.964. The molecule has 0 radical (unpaired) electrons. The van der Waals surface area contributed by atoms with Crippen LogP contribution in [-0.4, -0.2) is 47.7 Å². The summed E-state index contributed by atoms with van der Waals surface area (Å²) in [5.41, 5.74) is 0. The van der Waals surface area contributed by atoms with Crippen LogP contribution in [0.15, 0.2) is 0 Å². The van der Waals surface area contributed by atoms with Crippen LogP contribution in [0.4, 0.5) is 0 Å². The van der Waals surface area contributed by atoms with Gasteiger partial charge in [-0.3, -0.25) is 4.79 Å². The first-order chi connectivity index (χ1) is 15.7. The second-order valence-corrected chi connectivity index (χ2v) is 11.3. The Bertz CT molecular complexity index is 495. The van der Waals surface area contributed by atoms with E-state index in [4.69, 9.17) is 9.47 Å². The van der Waals surface area contributed by atoms with Gasteiger partial charge in [0.25, 0.3) is 0 Å². The topological polar surface area (TPSA) is 76.0 Å². The van der Waals surface area contributed by atoms with Crippen LogP contribution in [0.3, 0.4) is 0 Å². The monoisotopic (exact) mass is 470 g/mol. The predicted octanol–water partition coefficient (Wildman–Crippen LogP) is 6.29. The smallest absolute Gasteiger partial charge is 0.305 e. The van der Waals surface area contributed by atoms with Crippen molar-refractivity contribution in [3.63, 3.8) is 0 Å². The second-order valence-electron chi connectivity index (χ2n) is 11.3. The number of rotatable bonds is 19. The Balaban J connectivity index is 1.99. The number of carbonyl (C=O) groups is 1. The van der Waals surface area contributed by atoms with Gasteiger partial charge in [0.1, 0.15) is 18.8 Å². The van der Waals surface area contributed by atoms with Crippen LogP contribution >= 0.6 is 0 Å². The molecule has 2 N–H and O–H groups in total. The standard InChI is InChI=1S/C28H54O5/c1-21(2)10-6-11-22(3)12-7-13-23(4)14-8-15-24(5)16-9-17-27(31)33-20-26(30)28-25(29)18-19-32-28/h21-26,28-30H,6-20H2,1-5H3. The van der Waals surface area contributed by atoms with E-state index in [9.17, 15) is 15.0 Å². The third kappa shape index (κ3) is 15.1. The Kier molecular flexibility index (Phi) is 16.3. The number of esters is 1. The number of ether oxygens (including phenoxy) is 2. The fourth-order valence-corrected chi connectivity index (χ4v) is 4.85. The molecule has 0 amide bonds. The maximum absolute atomic E-state index is 11.9. The van der Waals surface area contributed by atoms with Crippen LogP contribution in [0.2, 0.25) is 0 Å². The Hall–Kier alpha value is -0.650. The van der Waals surface area contributed by atoms with Gasteiger partial charge in [0.05, 0.1) is 6.10 Å². The molecule has 6 atom stereocenters. The maximum Gasteiger partial charge on any atom is 0.305 e. The predicted molar refractivity (Wildman–Crippen MR) is 135 cm³/mol. The molecule has 196 valence electrons. The molecule has 33 heavy (non-hydrogen) atoms. The summed E-state index contributed by atoms with van der Waals surface area (Å²) in [6.45, 7) is 12.0. The number of hydrogen-bond acceptors (Lipinski definition) is 5. The molecule has 1 aliphatic heterocycles. The molecular formula is C28H54O5. The van der Waals surface area contributed by atoms with Crippen LogP contribution in [0, 0.1) is 23.7 Å². The first kappa shape index (κ1) is 30.4. The normalized spacial score (nSPS) is 22.3. The van der Waals surface area contributed by atoms with E-state index in [0.717, 1.165) is 30.6 Å². The Morgan fingerprint density at radius 3 is 1.79 bits per heavy atom. The maximum atomic E-state index is 11.9. The molecule has 6 unspecified atom stereocenters. The highest BCUT2D eigenvalue weighted by Crippen LogP contribution is 2.23. The van der Waals surface area contributed by atoms with Crippen molar-refractivity contribution in [3.05, 3.63) is 0 Å². The molecule has 0 bridgehead atoms. The lowest BCUT2D eigenvalue weighted by Crippen LogP contribution is -2.38. The van der Waals surface area contributed by atoms with Gasteiger partial charge in [0.2, 0.25) is 0 Å². The molecule has 0 aliphatic carbocycles. The molecule has 0 aromatic heterocycles. The highest BCUT2D eigenvalue weighted by Gasteiger charge is 2.33. The zero-order valence-electron chi connectivity index (χ0n) is 22.3. The van der Waals surface area contributed by atoms with Gasteiger partial charge in [-0.15, -0.1) is 0 Å². The summed E-state index contributed by atoms with van der Waals surface area (Å²) in [4.78, 5) is 11.9. The van der Waals surface area contributed by atoms with Gasteiger partial charge in [-0.1, -0.05) is 98.8 Å². The molecule has 1 fully saturated rings. The quantitative estimate of drug-likeness (QED) is 0.217. The van der Waals surface area contributed by atoms with E-state index in [0.29, 0.717) is 25.4 Å².